The second kappa shape index (κ2) is 7.86. The summed E-state index contributed by atoms with van der Waals surface area (Å²) in [6.07, 6.45) is 1.02. The fourth-order valence-electron chi connectivity index (χ4n) is 4.44. The number of hydrogen-bond donors (Lipinski definition) is 1. The topological polar surface area (TPSA) is 77.8 Å². The second-order valence-corrected chi connectivity index (χ2v) is 7.73. The average Bonchev–Trinajstić information content (AvgIpc) is 3.18. The van der Waals surface area contributed by atoms with Crippen LogP contribution in [0, 0.1) is 6.92 Å². The molecule has 156 valence electrons. The van der Waals surface area contributed by atoms with Crippen LogP contribution in [0.2, 0.25) is 0 Å². The van der Waals surface area contributed by atoms with Crippen molar-refractivity contribution in [1.82, 2.24) is 5.32 Å². The predicted octanol–water partition coefficient (Wildman–Crippen LogP) is 4.13. The summed E-state index contributed by atoms with van der Waals surface area (Å²) < 4.78 is 16.2. The second-order valence-electron chi connectivity index (χ2n) is 7.73. The minimum Gasteiger partial charge on any atom is -0.497 e. The van der Waals surface area contributed by atoms with E-state index >= 15 is 0 Å². The Morgan fingerprint density at radius 3 is 2.60 bits per heavy atom. The first-order chi connectivity index (χ1) is 14.4. The summed E-state index contributed by atoms with van der Waals surface area (Å²) in [5.41, 5.74) is 3.58. The van der Waals surface area contributed by atoms with E-state index < -0.39 is 11.9 Å². The number of dihydropyridines is 1. The summed E-state index contributed by atoms with van der Waals surface area (Å²) in [7, 11) is 2.98. The van der Waals surface area contributed by atoms with Gasteiger partial charge in [0.15, 0.2) is 5.78 Å². The van der Waals surface area contributed by atoms with Crippen molar-refractivity contribution in [1.29, 1.82) is 0 Å². The number of allylic oxidation sites excluding steroid dienone is 3. The van der Waals surface area contributed by atoms with Gasteiger partial charge in [0.05, 0.1) is 25.7 Å². The molecule has 2 aromatic rings. The fraction of sp³-hybridized carbons (Fsp3) is 0.333. The van der Waals surface area contributed by atoms with Crippen LogP contribution in [-0.4, -0.2) is 26.0 Å². The number of furan rings is 1. The Morgan fingerprint density at radius 1 is 1.13 bits per heavy atom. The average molecular weight is 407 g/mol. The molecule has 0 radical (unpaired) electrons. The molecule has 4 rings (SSSR count). The molecule has 1 aliphatic carbocycles. The number of benzene rings is 1. The molecule has 0 spiro atoms. The molecule has 0 unspecified atom stereocenters. The summed E-state index contributed by atoms with van der Waals surface area (Å²) in [6, 6.07) is 11.5. The number of esters is 1. The van der Waals surface area contributed by atoms with E-state index in [1.165, 1.54) is 7.11 Å². The third-order valence-corrected chi connectivity index (χ3v) is 5.84. The Bertz CT molecular complexity index is 1070. The Labute approximate surface area is 175 Å². The predicted molar refractivity (Wildman–Crippen MR) is 111 cm³/mol. The lowest BCUT2D eigenvalue weighted by atomic mass is 9.73. The van der Waals surface area contributed by atoms with Crippen LogP contribution >= 0.6 is 0 Å². The van der Waals surface area contributed by atoms with Crippen molar-refractivity contribution in [3.05, 3.63) is 76.0 Å². The number of ether oxygens (including phenoxy) is 2. The molecular weight excluding hydrogens is 382 g/mol. The van der Waals surface area contributed by atoms with Crippen LogP contribution in [0.3, 0.4) is 0 Å². The zero-order valence-electron chi connectivity index (χ0n) is 17.6. The van der Waals surface area contributed by atoms with Crippen molar-refractivity contribution < 1.29 is 23.5 Å². The maximum Gasteiger partial charge on any atom is 0.336 e. The smallest absolute Gasteiger partial charge is 0.336 e. The number of rotatable bonds is 4. The highest BCUT2D eigenvalue weighted by molar-refractivity contribution is 6.04. The minimum absolute atomic E-state index is 0.00419. The Morgan fingerprint density at radius 2 is 1.93 bits per heavy atom. The van der Waals surface area contributed by atoms with Gasteiger partial charge in [-0.1, -0.05) is 12.1 Å². The quantitative estimate of drug-likeness (QED) is 0.768. The number of Topliss-reactive ketones (excluding diaryl/α,β-unsaturated/α-hetero) is 1. The molecule has 1 aliphatic heterocycles. The number of methoxy groups -OCH3 is 2. The van der Waals surface area contributed by atoms with Gasteiger partial charge < -0.3 is 19.2 Å². The number of nitrogens with one attached hydrogen (secondary N) is 1. The first-order valence-electron chi connectivity index (χ1n) is 9.95. The van der Waals surface area contributed by atoms with Gasteiger partial charge >= 0.3 is 5.97 Å². The first-order valence-corrected chi connectivity index (χ1v) is 9.95. The summed E-state index contributed by atoms with van der Waals surface area (Å²) in [6.45, 7) is 3.67. The zero-order chi connectivity index (χ0) is 21.4. The highest BCUT2D eigenvalue weighted by Gasteiger charge is 2.42. The lowest BCUT2D eigenvalue weighted by Gasteiger charge is -2.35. The molecule has 2 heterocycles. The van der Waals surface area contributed by atoms with Crippen LogP contribution < -0.4 is 10.1 Å². The van der Waals surface area contributed by atoms with E-state index in [0.29, 0.717) is 35.4 Å². The minimum atomic E-state index is -0.568. The maximum atomic E-state index is 13.4. The van der Waals surface area contributed by atoms with Crippen LogP contribution in [-0.2, 0) is 14.3 Å². The van der Waals surface area contributed by atoms with E-state index in [9.17, 15) is 9.59 Å². The summed E-state index contributed by atoms with van der Waals surface area (Å²) in [4.78, 5) is 26.0. The van der Waals surface area contributed by atoms with Crippen molar-refractivity contribution in [2.45, 2.75) is 38.5 Å². The van der Waals surface area contributed by atoms with Gasteiger partial charge in [0.2, 0.25) is 0 Å². The normalized spacial score (nSPS) is 21.3. The molecule has 0 bridgehead atoms. The monoisotopic (exact) mass is 407 g/mol. The standard InChI is InChI=1S/C24H25NO5/c1-13-8-9-20(30-13)23-21(24(27)29-4)14(2)25-18-11-16(12-19(26)22(18)23)15-6-5-7-17(10-15)28-3/h5-10,16,23,25H,11-12H2,1-4H3/t16-,23-/m0/s1. The molecule has 0 amide bonds. The van der Waals surface area contributed by atoms with Crippen LogP contribution in [0.1, 0.15) is 48.7 Å². The van der Waals surface area contributed by atoms with Crippen LogP contribution in [0.15, 0.2) is 63.4 Å². The maximum absolute atomic E-state index is 13.4. The molecular formula is C24H25NO5. The molecule has 6 nitrogen and oxygen atoms in total. The van der Waals surface area contributed by atoms with E-state index in [-0.39, 0.29) is 11.7 Å². The Balaban J connectivity index is 1.78. The summed E-state index contributed by atoms with van der Waals surface area (Å²) >= 11 is 0. The van der Waals surface area contributed by atoms with E-state index in [4.69, 9.17) is 13.9 Å². The van der Waals surface area contributed by atoms with Crippen molar-refractivity contribution in [2.24, 2.45) is 0 Å². The van der Waals surface area contributed by atoms with E-state index in [1.54, 1.807) is 7.11 Å². The third kappa shape index (κ3) is 3.43. The van der Waals surface area contributed by atoms with Gasteiger partial charge in [0.25, 0.3) is 0 Å². The van der Waals surface area contributed by atoms with Gasteiger partial charge in [-0.05, 0) is 56.0 Å². The number of carbonyl (C=O) groups excluding carboxylic acids is 2. The zero-order valence-corrected chi connectivity index (χ0v) is 17.6. The largest absolute Gasteiger partial charge is 0.497 e. The van der Waals surface area contributed by atoms with Gasteiger partial charge in [0, 0.05) is 23.4 Å². The van der Waals surface area contributed by atoms with Crippen molar-refractivity contribution in [2.75, 3.05) is 14.2 Å². The van der Waals surface area contributed by atoms with Gasteiger partial charge in [0.1, 0.15) is 17.3 Å². The molecule has 1 N–H and O–H groups in total. The van der Waals surface area contributed by atoms with Crippen LogP contribution in [0.5, 0.6) is 5.75 Å². The van der Waals surface area contributed by atoms with Crippen molar-refractivity contribution >= 4 is 11.8 Å². The van der Waals surface area contributed by atoms with Gasteiger partial charge in [-0.25, -0.2) is 4.79 Å². The van der Waals surface area contributed by atoms with Crippen molar-refractivity contribution in [3.63, 3.8) is 0 Å². The lowest BCUT2D eigenvalue weighted by molar-refractivity contribution is -0.136. The molecule has 0 saturated heterocycles. The van der Waals surface area contributed by atoms with Crippen molar-refractivity contribution in [3.8, 4) is 5.75 Å². The van der Waals surface area contributed by atoms with E-state index in [2.05, 4.69) is 5.32 Å². The van der Waals surface area contributed by atoms with Gasteiger partial charge in [-0.15, -0.1) is 0 Å². The molecule has 6 heteroatoms. The van der Waals surface area contributed by atoms with E-state index in [0.717, 1.165) is 22.8 Å². The fourth-order valence-corrected chi connectivity index (χ4v) is 4.44. The molecule has 2 aliphatic rings. The highest BCUT2D eigenvalue weighted by Crippen LogP contribution is 2.46. The summed E-state index contributed by atoms with van der Waals surface area (Å²) in [5, 5.41) is 3.31. The number of ketones is 1. The molecule has 1 aromatic heterocycles. The van der Waals surface area contributed by atoms with E-state index in [1.807, 2.05) is 50.2 Å². The highest BCUT2D eigenvalue weighted by atomic mass is 16.5. The number of aryl methyl sites for hydroxylation is 1. The molecule has 30 heavy (non-hydrogen) atoms. The molecule has 0 saturated carbocycles. The molecule has 1 aromatic carbocycles. The Kier molecular flexibility index (Phi) is 5.24. The van der Waals surface area contributed by atoms with Crippen LogP contribution in [0.25, 0.3) is 0 Å². The van der Waals surface area contributed by atoms with Gasteiger partial charge in [-0.2, -0.15) is 0 Å². The summed E-state index contributed by atoms with van der Waals surface area (Å²) in [5.74, 6) is 1.08. The lowest BCUT2D eigenvalue weighted by Crippen LogP contribution is -2.35. The Hall–Kier alpha value is -3.28. The molecule has 2 atom stereocenters. The molecule has 0 fully saturated rings. The van der Waals surface area contributed by atoms with Crippen LogP contribution in [0.4, 0.5) is 0 Å². The third-order valence-electron chi connectivity index (χ3n) is 5.84. The number of carbonyl (C=O) groups is 2. The number of hydrogen-bond acceptors (Lipinski definition) is 6. The SMILES string of the molecule is COC(=O)C1=C(C)NC2=C(C(=O)C[C@@H](c3cccc(OC)c3)C2)[C@H]1c1ccc(C)o1. The first kappa shape index (κ1) is 20.0. The van der Waals surface area contributed by atoms with Gasteiger partial charge in [-0.3, -0.25) is 4.79 Å².